The summed E-state index contributed by atoms with van der Waals surface area (Å²) >= 11 is 0. The average molecular weight is 208 g/mol. The number of nitrogens with one attached hydrogen (secondary N) is 2. The second kappa shape index (κ2) is 4.02. The average Bonchev–Trinajstić information content (AvgIpc) is 2.81. The van der Waals surface area contributed by atoms with Crippen LogP contribution in [-0.2, 0) is 0 Å². The van der Waals surface area contributed by atoms with Crippen molar-refractivity contribution in [3.8, 4) is 0 Å². The Kier molecular flexibility index (Phi) is 2.73. The van der Waals surface area contributed by atoms with Crippen LogP contribution in [-0.4, -0.2) is 29.2 Å². The topological polar surface area (TPSA) is 83.8 Å². The lowest BCUT2D eigenvalue weighted by molar-refractivity contribution is 0.0939. The third-order valence-corrected chi connectivity index (χ3v) is 3.00. The van der Waals surface area contributed by atoms with Crippen LogP contribution in [0, 0.1) is 5.41 Å². The van der Waals surface area contributed by atoms with Crippen LogP contribution < -0.4 is 11.1 Å². The lowest BCUT2D eigenvalue weighted by atomic mass is 10.0. The van der Waals surface area contributed by atoms with Crippen LogP contribution in [0.1, 0.15) is 29.8 Å². The number of hydrogen-bond acceptors (Lipinski definition) is 3. The van der Waals surface area contributed by atoms with E-state index in [-0.39, 0.29) is 11.3 Å². The zero-order valence-corrected chi connectivity index (χ0v) is 8.62. The number of nitrogens with zero attached hydrogens (tertiary/aromatic N) is 1. The summed E-state index contributed by atoms with van der Waals surface area (Å²) in [5.74, 6) is -0.0872. The molecule has 1 heterocycles. The van der Waals surface area contributed by atoms with Crippen molar-refractivity contribution in [3.63, 3.8) is 0 Å². The molecule has 0 aliphatic heterocycles. The molecule has 15 heavy (non-hydrogen) atoms. The van der Waals surface area contributed by atoms with E-state index in [1.54, 1.807) is 12.3 Å². The summed E-state index contributed by atoms with van der Waals surface area (Å²) in [6, 6.07) is 1.66. The number of nitrogens with two attached hydrogens (primary N) is 1. The Balaban J connectivity index is 1.81. The van der Waals surface area contributed by atoms with Crippen molar-refractivity contribution < 1.29 is 4.79 Å². The number of aromatic amines is 1. The van der Waals surface area contributed by atoms with Crippen molar-refractivity contribution in [2.24, 2.45) is 11.1 Å². The quantitative estimate of drug-likeness (QED) is 0.649. The highest BCUT2D eigenvalue weighted by Gasteiger charge is 2.41. The highest BCUT2D eigenvalue weighted by molar-refractivity contribution is 5.92. The molecule has 1 aromatic rings. The summed E-state index contributed by atoms with van der Waals surface area (Å²) in [4.78, 5) is 11.6. The Morgan fingerprint density at radius 3 is 3.00 bits per heavy atom. The first-order chi connectivity index (χ1) is 7.26. The fraction of sp³-hybridized carbons (Fsp3) is 0.600. The van der Waals surface area contributed by atoms with Crippen molar-refractivity contribution in [2.45, 2.75) is 19.3 Å². The summed E-state index contributed by atoms with van der Waals surface area (Å²) < 4.78 is 0. The molecule has 2 rings (SSSR count). The predicted octanol–water partition coefficient (Wildman–Crippen LogP) is 0.268. The third kappa shape index (κ3) is 2.36. The fourth-order valence-corrected chi connectivity index (χ4v) is 1.74. The summed E-state index contributed by atoms with van der Waals surface area (Å²) in [5.41, 5.74) is 6.32. The minimum Gasteiger partial charge on any atom is -0.350 e. The lowest BCUT2D eigenvalue weighted by Crippen LogP contribution is -2.31. The van der Waals surface area contributed by atoms with E-state index < -0.39 is 0 Å². The van der Waals surface area contributed by atoms with Gasteiger partial charge in [-0.3, -0.25) is 9.89 Å². The van der Waals surface area contributed by atoms with Crippen LogP contribution in [0.3, 0.4) is 0 Å². The van der Waals surface area contributed by atoms with Gasteiger partial charge in [0.25, 0.3) is 5.91 Å². The van der Waals surface area contributed by atoms with Crippen LogP contribution in [0.4, 0.5) is 0 Å². The van der Waals surface area contributed by atoms with Crippen LogP contribution in [0.25, 0.3) is 0 Å². The van der Waals surface area contributed by atoms with E-state index in [2.05, 4.69) is 15.5 Å². The van der Waals surface area contributed by atoms with E-state index in [4.69, 9.17) is 5.73 Å². The monoisotopic (exact) mass is 208 g/mol. The molecule has 0 unspecified atom stereocenters. The third-order valence-electron chi connectivity index (χ3n) is 3.00. The maximum Gasteiger partial charge on any atom is 0.269 e. The maximum atomic E-state index is 11.6. The van der Waals surface area contributed by atoms with E-state index in [0.717, 1.165) is 13.0 Å². The summed E-state index contributed by atoms with van der Waals surface area (Å²) in [5, 5.41) is 9.28. The molecule has 1 amide bonds. The summed E-state index contributed by atoms with van der Waals surface area (Å²) in [6.07, 6.45) is 4.92. The predicted molar refractivity (Wildman–Crippen MR) is 56.3 cm³/mol. The Labute approximate surface area is 88.4 Å². The molecular weight excluding hydrogens is 192 g/mol. The Bertz CT molecular complexity index is 329. The second-order valence-corrected chi connectivity index (χ2v) is 4.19. The minimum atomic E-state index is -0.0872. The number of carbonyl (C=O) groups is 1. The van der Waals surface area contributed by atoms with Gasteiger partial charge < -0.3 is 11.1 Å². The Morgan fingerprint density at radius 2 is 2.47 bits per heavy atom. The van der Waals surface area contributed by atoms with Crippen molar-refractivity contribution in [2.75, 3.05) is 13.1 Å². The standard InChI is InChI=1S/C10H16N4O/c11-5-4-10(2-3-10)7-12-9(15)8-1-6-13-14-8/h1,6H,2-5,7,11H2,(H,12,15)(H,13,14). The summed E-state index contributed by atoms with van der Waals surface area (Å²) in [6.45, 7) is 1.42. The normalized spacial score (nSPS) is 17.4. The second-order valence-electron chi connectivity index (χ2n) is 4.19. The summed E-state index contributed by atoms with van der Waals surface area (Å²) in [7, 11) is 0. The molecule has 0 spiro atoms. The molecule has 0 saturated heterocycles. The van der Waals surface area contributed by atoms with Crippen LogP contribution in [0.2, 0.25) is 0 Å². The van der Waals surface area contributed by atoms with Gasteiger partial charge in [-0.2, -0.15) is 5.10 Å². The van der Waals surface area contributed by atoms with E-state index >= 15 is 0 Å². The molecule has 1 aliphatic carbocycles. The van der Waals surface area contributed by atoms with Crippen LogP contribution in [0.5, 0.6) is 0 Å². The van der Waals surface area contributed by atoms with Crippen molar-refractivity contribution in [1.29, 1.82) is 0 Å². The van der Waals surface area contributed by atoms with E-state index in [1.165, 1.54) is 12.8 Å². The van der Waals surface area contributed by atoms with Gasteiger partial charge >= 0.3 is 0 Å². The van der Waals surface area contributed by atoms with Crippen LogP contribution in [0.15, 0.2) is 12.3 Å². The maximum absolute atomic E-state index is 11.6. The molecular formula is C10H16N4O. The number of H-pyrrole nitrogens is 1. The van der Waals surface area contributed by atoms with Crippen molar-refractivity contribution in [1.82, 2.24) is 15.5 Å². The molecule has 5 heteroatoms. The molecule has 1 aliphatic rings. The van der Waals surface area contributed by atoms with Gasteiger partial charge in [0.05, 0.1) is 0 Å². The van der Waals surface area contributed by atoms with Crippen molar-refractivity contribution in [3.05, 3.63) is 18.0 Å². The SMILES string of the molecule is NCCC1(CNC(=O)c2ccn[nH]2)CC1. The van der Waals surface area contributed by atoms with Gasteiger partial charge in [-0.25, -0.2) is 0 Å². The number of carbonyl (C=O) groups excluding carboxylic acids is 1. The van der Waals surface area contributed by atoms with E-state index in [9.17, 15) is 4.79 Å². The highest BCUT2D eigenvalue weighted by Crippen LogP contribution is 2.47. The molecule has 0 aromatic carbocycles. The zero-order valence-electron chi connectivity index (χ0n) is 8.62. The van der Waals surface area contributed by atoms with Gasteiger partial charge in [0.15, 0.2) is 0 Å². The first-order valence-electron chi connectivity index (χ1n) is 5.23. The number of amides is 1. The molecule has 1 aromatic heterocycles. The largest absolute Gasteiger partial charge is 0.350 e. The van der Waals surface area contributed by atoms with E-state index in [1.807, 2.05) is 0 Å². The lowest BCUT2D eigenvalue weighted by Gasteiger charge is -2.14. The number of aromatic nitrogens is 2. The van der Waals surface area contributed by atoms with Gasteiger partial charge in [-0.05, 0) is 37.3 Å². The zero-order chi connectivity index (χ0) is 10.7. The fourth-order valence-electron chi connectivity index (χ4n) is 1.74. The highest BCUT2D eigenvalue weighted by atomic mass is 16.1. The van der Waals surface area contributed by atoms with Gasteiger partial charge in [0.2, 0.25) is 0 Å². The number of hydrogen-bond donors (Lipinski definition) is 3. The van der Waals surface area contributed by atoms with Gasteiger partial charge in [-0.1, -0.05) is 0 Å². The smallest absolute Gasteiger partial charge is 0.269 e. The molecule has 82 valence electrons. The van der Waals surface area contributed by atoms with Crippen molar-refractivity contribution >= 4 is 5.91 Å². The van der Waals surface area contributed by atoms with Gasteiger partial charge in [0, 0.05) is 12.7 Å². The number of rotatable bonds is 5. The first kappa shape index (κ1) is 10.2. The Morgan fingerprint density at radius 1 is 1.67 bits per heavy atom. The molecule has 0 radical (unpaired) electrons. The molecule has 4 N–H and O–H groups in total. The molecule has 1 fully saturated rings. The molecule has 1 saturated carbocycles. The van der Waals surface area contributed by atoms with Gasteiger partial charge in [-0.15, -0.1) is 0 Å². The molecule has 0 atom stereocenters. The van der Waals surface area contributed by atoms with Gasteiger partial charge in [0.1, 0.15) is 5.69 Å². The van der Waals surface area contributed by atoms with E-state index in [0.29, 0.717) is 12.2 Å². The first-order valence-corrected chi connectivity index (χ1v) is 5.23. The molecule has 5 nitrogen and oxygen atoms in total. The minimum absolute atomic E-state index is 0.0872. The van der Waals surface area contributed by atoms with Crippen LogP contribution >= 0.6 is 0 Å². The Hall–Kier alpha value is -1.36. The molecule has 0 bridgehead atoms.